The number of amides is 2. The number of rotatable bonds is 6. The highest BCUT2D eigenvalue weighted by Crippen LogP contribution is 2.19. The van der Waals surface area contributed by atoms with E-state index in [0.717, 1.165) is 29.9 Å². The number of carbonyl (C=O) groups excluding carboxylic acids is 2. The average molecular weight is 316 g/mol. The van der Waals surface area contributed by atoms with Gasteiger partial charge in [-0.05, 0) is 29.9 Å². The summed E-state index contributed by atoms with van der Waals surface area (Å²) in [5, 5.41) is 11.0. The molecule has 6 nitrogen and oxygen atoms in total. The molecule has 2 amide bonds. The Morgan fingerprint density at radius 1 is 1.27 bits per heavy atom. The van der Waals surface area contributed by atoms with Crippen molar-refractivity contribution in [2.24, 2.45) is 0 Å². The van der Waals surface area contributed by atoms with E-state index in [1.807, 2.05) is 30.3 Å². The number of nitrogens with one attached hydrogen (secondary N) is 2. The quantitative estimate of drug-likeness (QED) is 0.837. The van der Waals surface area contributed by atoms with E-state index in [4.69, 9.17) is 0 Å². The molecule has 1 heterocycles. The minimum Gasteiger partial charge on any atom is -0.352 e. The second kappa shape index (κ2) is 6.65. The van der Waals surface area contributed by atoms with Gasteiger partial charge in [0.1, 0.15) is 6.04 Å². The normalized spacial score (nSPS) is 15.1. The second-order valence-corrected chi connectivity index (χ2v) is 5.90. The minimum atomic E-state index is -0.614. The third-order valence-electron chi connectivity index (χ3n) is 3.42. The van der Waals surface area contributed by atoms with Crippen LogP contribution in [0.15, 0.2) is 35.7 Å². The Hall–Kier alpha value is -2.28. The van der Waals surface area contributed by atoms with Crippen molar-refractivity contribution >= 4 is 23.3 Å². The molecule has 22 heavy (non-hydrogen) atoms. The van der Waals surface area contributed by atoms with Gasteiger partial charge in [0.2, 0.25) is 5.91 Å². The summed E-state index contributed by atoms with van der Waals surface area (Å²) in [6, 6.07) is 9.26. The number of aromatic nitrogens is 2. The molecule has 1 fully saturated rings. The first-order valence-electron chi connectivity index (χ1n) is 7.14. The fourth-order valence-corrected chi connectivity index (χ4v) is 2.52. The van der Waals surface area contributed by atoms with Crippen molar-refractivity contribution in [1.82, 2.24) is 20.2 Å². The predicted molar refractivity (Wildman–Crippen MR) is 82.5 cm³/mol. The van der Waals surface area contributed by atoms with Crippen molar-refractivity contribution in [3.05, 3.63) is 47.0 Å². The number of hydrogen-bond acceptors (Lipinski definition) is 5. The summed E-state index contributed by atoms with van der Waals surface area (Å²) in [5.41, 5.74) is 1.23. The van der Waals surface area contributed by atoms with Crippen LogP contribution in [0.25, 0.3) is 0 Å². The van der Waals surface area contributed by atoms with Crippen LogP contribution in [0.4, 0.5) is 0 Å². The Morgan fingerprint density at radius 2 is 2.05 bits per heavy atom. The Morgan fingerprint density at radius 3 is 2.68 bits per heavy atom. The molecule has 1 aromatic heterocycles. The van der Waals surface area contributed by atoms with Gasteiger partial charge in [0.25, 0.3) is 5.91 Å². The number of carbonyl (C=O) groups is 2. The van der Waals surface area contributed by atoms with Crippen LogP contribution in [0.5, 0.6) is 0 Å². The fraction of sp³-hybridized carbons (Fsp3) is 0.333. The molecule has 3 rings (SSSR count). The molecule has 0 saturated heterocycles. The lowest BCUT2D eigenvalue weighted by Gasteiger charge is -2.18. The van der Waals surface area contributed by atoms with Gasteiger partial charge in [-0.3, -0.25) is 9.59 Å². The van der Waals surface area contributed by atoms with E-state index in [2.05, 4.69) is 20.2 Å². The van der Waals surface area contributed by atoms with E-state index < -0.39 is 6.04 Å². The monoisotopic (exact) mass is 316 g/mol. The van der Waals surface area contributed by atoms with E-state index in [0.29, 0.717) is 6.42 Å². The van der Waals surface area contributed by atoms with Crippen LogP contribution in [-0.4, -0.2) is 33.5 Å². The molecule has 1 atom stereocenters. The molecule has 2 aromatic rings. The Labute approximate surface area is 132 Å². The zero-order valence-electron chi connectivity index (χ0n) is 11.9. The Bertz CT molecular complexity index is 641. The molecule has 1 aliphatic carbocycles. The molecule has 2 N–H and O–H groups in total. The lowest BCUT2D eigenvalue weighted by Crippen LogP contribution is -2.48. The van der Waals surface area contributed by atoms with E-state index in [-0.39, 0.29) is 23.6 Å². The summed E-state index contributed by atoms with van der Waals surface area (Å²) >= 11 is 1.11. The lowest BCUT2D eigenvalue weighted by atomic mass is 10.1. The zero-order chi connectivity index (χ0) is 15.4. The van der Waals surface area contributed by atoms with Crippen LogP contribution >= 0.6 is 11.5 Å². The van der Waals surface area contributed by atoms with Gasteiger partial charge in [-0.25, -0.2) is 0 Å². The lowest BCUT2D eigenvalue weighted by molar-refractivity contribution is -0.123. The van der Waals surface area contributed by atoms with E-state index in [9.17, 15) is 9.59 Å². The molecule has 0 radical (unpaired) electrons. The van der Waals surface area contributed by atoms with Crippen LogP contribution in [0.2, 0.25) is 0 Å². The molecule has 0 aliphatic heterocycles. The summed E-state index contributed by atoms with van der Waals surface area (Å²) in [6.07, 6.45) is 2.46. The van der Waals surface area contributed by atoms with Gasteiger partial charge in [-0.2, -0.15) is 0 Å². The summed E-state index contributed by atoms with van der Waals surface area (Å²) in [7, 11) is 0. The van der Waals surface area contributed by atoms with Crippen LogP contribution in [0, 0.1) is 0 Å². The molecule has 114 valence electrons. The summed E-state index contributed by atoms with van der Waals surface area (Å²) in [5.74, 6) is -0.525. The first-order valence-corrected chi connectivity index (χ1v) is 7.98. The van der Waals surface area contributed by atoms with Crippen molar-refractivity contribution in [2.75, 3.05) is 0 Å². The van der Waals surface area contributed by atoms with Crippen LogP contribution in [0.3, 0.4) is 0 Å². The molecule has 0 bridgehead atoms. The molecule has 1 saturated carbocycles. The maximum atomic E-state index is 12.3. The average Bonchev–Trinajstić information content (AvgIpc) is 3.17. The van der Waals surface area contributed by atoms with Gasteiger partial charge in [0, 0.05) is 17.8 Å². The van der Waals surface area contributed by atoms with Gasteiger partial charge in [-0.15, -0.1) is 5.10 Å². The van der Waals surface area contributed by atoms with E-state index >= 15 is 0 Å². The first kappa shape index (κ1) is 14.6. The number of nitrogens with zero attached hydrogens (tertiary/aromatic N) is 2. The van der Waals surface area contributed by atoms with Crippen molar-refractivity contribution in [3.63, 3.8) is 0 Å². The summed E-state index contributed by atoms with van der Waals surface area (Å²) in [4.78, 5) is 24.5. The van der Waals surface area contributed by atoms with Crippen molar-refractivity contribution < 1.29 is 9.59 Å². The molecular formula is C15H16N4O2S. The van der Waals surface area contributed by atoms with Crippen molar-refractivity contribution in [1.29, 1.82) is 0 Å². The van der Waals surface area contributed by atoms with Gasteiger partial charge >= 0.3 is 0 Å². The van der Waals surface area contributed by atoms with Crippen LogP contribution < -0.4 is 10.6 Å². The molecular weight excluding hydrogens is 300 g/mol. The second-order valence-electron chi connectivity index (χ2n) is 5.29. The largest absolute Gasteiger partial charge is 0.352 e. The number of benzene rings is 1. The Balaban J connectivity index is 1.70. The van der Waals surface area contributed by atoms with Crippen molar-refractivity contribution in [2.45, 2.75) is 31.3 Å². The standard InChI is InChI=1S/C15H16N4O2S/c20-14(16-11-6-7-11)12(8-10-4-2-1-3-5-10)17-15(21)13-9-22-19-18-13/h1-5,9,11-12H,6-8H2,(H,16,20)(H,17,21). The SMILES string of the molecule is O=C(NC(Cc1ccccc1)C(=O)NC1CC1)c1csnn1. The smallest absolute Gasteiger partial charge is 0.273 e. The van der Waals surface area contributed by atoms with Gasteiger partial charge in [0.15, 0.2) is 5.69 Å². The highest BCUT2D eigenvalue weighted by atomic mass is 32.1. The molecule has 0 spiro atoms. The van der Waals surface area contributed by atoms with Crippen LogP contribution in [-0.2, 0) is 11.2 Å². The zero-order valence-corrected chi connectivity index (χ0v) is 12.7. The van der Waals surface area contributed by atoms with Gasteiger partial charge in [-0.1, -0.05) is 34.8 Å². The number of hydrogen-bond donors (Lipinski definition) is 2. The van der Waals surface area contributed by atoms with Crippen molar-refractivity contribution in [3.8, 4) is 0 Å². The highest BCUT2D eigenvalue weighted by molar-refractivity contribution is 7.03. The first-order chi connectivity index (χ1) is 10.7. The molecule has 1 unspecified atom stereocenters. The van der Waals surface area contributed by atoms with Crippen LogP contribution in [0.1, 0.15) is 28.9 Å². The minimum absolute atomic E-state index is 0.150. The fourth-order valence-electron chi connectivity index (χ4n) is 2.08. The maximum absolute atomic E-state index is 12.3. The Kier molecular flexibility index (Phi) is 4.43. The predicted octanol–water partition coefficient (Wildman–Crippen LogP) is 1.16. The molecule has 7 heteroatoms. The third kappa shape index (κ3) is 3.88. The van der Waals surface area contributed by atoms with E-state index in [1.54, 1.807) is 5.38 Å². The third-order valence-corrected chi connectivity index (χ3v) is 3.93. The van der Waals surface area contributed by atoms with Gasteiger partial charge < -0.3 is 10.6 Å². The summed E-state index contributed by atoms with van der Waals surface area (Å²) < 4.78 is 3.67. The molecule has 1 aromatic carbocycles. The summed E-state index contributed by atoms with van der Waals surface area (Å²) in [6.45, 7) is 0. The van der Waals surface area contributed by atoms with Gasteiger partial charge in [0.05, 0.1) is 0 Å². The highest BCUT2D eigenvalue weighted by Gasteiger charge is 2.29. The topological polar surface area (TPSA) is 84.0 Å². The van der Waals surface area contributed by atoms with E-state index in [1.165, 1.54) is 0 Å². The molecule has 1 aliphatic rings. The maximum Gasteiger partial charge on any atom is 0.273 e.